The van der Waals surface area contributed by atoms with Gasteiger partial charge >= 0.3 is 0 Å². The van der Waals surface area contributed by atoms with E-state index in [0.29, 0.717) is 11.1 Å². The SMILES string of the molecule is NC(=O)[C@@H](NC(=O)c1cccc2cccnc12)C(c1ccccc1)c1ccccc1. The zero-order chi connectivity index (χ0) is 20.9. The Morgan fingerprint density at radius 1 is 0.767 bits per heavy atom. The Hall–Kier alpha value is -3.99. The molecule has 0 aliphatic carbocycles. The van der Waals surface area contributed by atoms with Gasteiger partial charge in [-0.1, -0.05) is 78.9 Å². The monoisotopic (exact) mass is 395 g/mol. The summed E-state index contributed by atoms with van der Waals surface area (Å²) in [5, 5.41) is 3.72. The minimum Gasteiger partial charge on any atom is -0.368 e. The van der Waals surface area contributed by atoms with Crippen molar-refractivity contribution in [2.75, 3.05) is 0 Å². The summed E-state index contributed by atoms with van der Waals surface area (Å²) >= 11 is 0. The number of aromatic nitrogens is 1. The molecular formula is C25H21N3O2. The van der Waals surface area contributed by atoms with E-state index in [2.05, 4.69) is 10.3 Å². The zero-order valence-corrected chi connectivity index (χ0v) is 16.2. The second-order valence-corrected chi connectivity index (χ2v) is 7.03. The first kappa shape index (κ1) is 19.3. The van der Waals surface area contributed by atoms with E-state index in [1.54, 1.807) is 18.3 Å². The van der Waals surface area contributed by atoms with Gasteiger partial charge in [-0.05, 0) is 23.3 Å². The van der Waals surface area contributed by atoms with E-state index in [1.807, 2.05) is 78.9 Å². The van der Waals surface area contributed by atoms with Crippen LogP contribution in [0.4, 0.5) is 0 Å². The summed E-state index contributed by atoms with van der Waals surface area (Å²) in [6.45, 7) is 0. The number of hydrogen-bond acceptors (Lipinski definition) is 3. The maximum Gasteiger partial charge on any atom is 0.254 e. The summed E-state index contributed by atoms with van der Waals surface area (Å²) in [5.74, 6) is -1.41. The smallest absolute Gasteiger partial charge is 0.254 e. The van der Waals surface area contributed by atoms with Gasteiger partial charge in [0.25, 0.3) is 5.91 Å². The molecule has 148 valence electrons. The molecule has 4 rings (SSSR count). The van der Waals surface area contributed by atoms with E-state index >= 15 is 0 Å². The molecule has 5 nitrogen and oxygen atoms in total. The number of nitrogens with two attached hydrogens (primary N) is 1. The molecule has 3 N–H and O–H groups in total. The van der Waals surface area contributed by atoms with Crippen molar-refractivity contribution in [3.05, 3.63) is 114 Å². The lowest BCUT2D eigenvalue weighted by atomic mass is 9.84. The fourth-order valence-corrected chi connectivity index (χ4v) is 3.72. The van der Waals surface area contributed by atoms with Crippen molar-refractivity contribution < 1.29 is 9.59 Å². The Balaban J connectivity index is 1.75. The van der Waals surface area contributed by atoms with Crippen LogP contribution in [0.1, 0.15) is 27.4 Å². The van der Waals surface area contributed by atoms with Crippen molar-refractivity contribution in [1.29, 1.82) is 0 Å². The van der Waals surface area contributed by atoms with Gasteiger partial charge in [0.2, 0.25) is 5.91 Å². The van der Waals surface area contributed by atoms with Gasteiger partial charge in [-0.15, -0.1) is 0 Å². The summed E-state index contributed by atoms with van der Waals surface area (Å²) in [5.41, 5.74) is 8.55. The number of rotatable bonds is 6. The quantitative estimate of drug-likeness (QED) is 0.523. The number of hydrogen-bond donors (Lipinski definition) is 2. The highest BCUT2D eigenvalue weighted by molar-refractivity contribution is 6.06. The van der Waals surface area contributed by atoms with Crippen LogP contribution in [0.25, 0.3) is 10.9 Å². The largest absolute Gasteiger partial charge is 0.368 e. The summed E-state index contributed by atoms with van der Waals surface area (Å²) in [7, 11) is 0. The molecule has 0 bridgehead atoms. The highest BCUT2D eigenvalue weighted by atomic mass is 16.2. The Labute approximate surface area is 174 Å². The van der Waals surface area contributed by atoms with Gasteiger partial charge in [0, 0.05) is 17.5 Å². The number of nitrogens with zero attached hydrogens (tertiary/aromatic N) is 1. The van der Waals surface area contributed by atoms with Gasteiger partial charge in [0.15, 0.2) is 0 Å². The molecule has 0 aliphatic heterocycles. The Morgan fingerprint density at radius 3 is 1.97 bits per heavy atom. The number of primary amides is 1. The third-order valence-corrected chi connectivity index (χ3v) is 5.12. The standard InChI is InChI=1S/C25H21N3O2/c26-24(29)23(21(17-9-3-1-4-10-17)18-11-5-2-6-12-18)28-25(30)20-15-7-13-19-14-8-16-27-22(19)20/h1-16,21,23H,(H2,26,29)(H,28,30)/t23-/m0/s1. The van der Waals surface area contributed by atoms with Crippen molar-refractivity contribution in [1.82, 2.24) is 10.3 Å². The maximum absolute atomic E-state index is 13.2. The summed E-state index contributed by atoms with van der Waals surface area (Å²) in [6.07, 6.45) is 1.64. The normalized spacial score (nSPS) is 11.9. The van der Waals surface area contributed by atoms with Gasteiger partial charge in [-0.2, -0.15) is 0 Å². The third kappa shape index (κ3) is 3.91. The number of para-hydroxylation sites is 1. The van der Waals surface area contributed by atoms with Gasteiger partial charge in [0.05, 0.1) is 11.1 Å². The van der Waals surface area contributed by atoms with E-state index < -0.39 is 17.9 Å². The van der Waals surface area contributed by atoms with Crippen LogP contribution in [0, 0.1) is 0 Å². The molecule has 30 heavy (non-hydrogen) atoms. The number of amides is 2. The van der Waals surface area contributed by atoms with Crippen LogP contribution in [0.5, 0.6) is 0 Å². The molecule has 0 fully saturated rings. The molecule has 1 heterocycles. The van der Waals surface area contributed by atoms with Crippen LogP contribution < -0.4 is 11.1 Å². The predicted molar refractivity (Wildman–Crippen MR) is 117 cm³/mol. The molecule has 3 aromatic carbocycles. The highest BCUT2D eigenvalue weighted by Gasteiger charge is 2.31. The van der Waals surface area contributed by atoms with E-state index in [-0.39, 0.29) is 5.91 Å². The molecule has 0 saturated heterocycles. The van der Waals surface area contributed by atoms with Crippen molar-refractivity contribution >= 4 is 22.7 Å². The van der Waals surface area contributed by atoms with Crippen LogP contribution in [-0.2, 0) is 4.79 Å². The van der Waals surface area contributed by atoms with Crippen molar-refractivity contribution in [2.24, 2.45) is 5.73 Å². The number of pyridine rings is 1. The lowest BCUT2D eigenvalue weighted by Crippen LogP contribution is -2.48. The molecule has 0 saturated carbocycles. The molecule has 2 amide bonds. The first-order valence-electron chi connectivity index (χ1n) is 9.69. The van der Waals surface area contributed by atoms with Crippen LogP contribution in [0.2, 0.25) is 0 Å². The van der Waals surface area contributed by atoms with Crippen molar-refractivity contribution in [3.63, 3.8) is 0 Å². The fourth-order valence-electron chi connectivity index (χ4n) is 3.72. The molecule has 0 radical (unpaired) electrons. The van der Waals surface area contributed by atoms with Crippen LogP contribution in [0.3, 0.4) is 0 Å². The average molecular weight is 395 g/mol. The molecular weight excluding hydrogens is 374 g/mol. The van der Waals surface area contributed by atoms with E-state index in [0.717, 1.165) is 16.5 Å². The number of nitrogens with one attached hydrogen (secondary N) is 1. The zero-order valence-electron chi connectivity index (χ0n) is 16.2. The minimum absolute atomic E-state index is 0.389. The summed E-state index contributed by atoms with van der Waals surface area (Å²) in [4.78, 5) is 30.0. The number of carbonyl (C=O) groups is 2. The van der Waals surface area contributed by atoms with Crippen molar-refractivity contribution in [2.45, 2.75) is 12.0 Å². The molecule has 0 unspecified atom stereocenters. The predicted octanol–water partition coefficient (Wildman–Crippen LogP) is 3.65. The van der Waals surface area contributed by atoms with Crippen LogP contribution >= 0.6 is 0 Å². The Kier molecular flexibility index (Phi) is 5.52. The number of carbonyl (C=O) groups excluding carboxylic acids is 2. The lowest BCUT2D eigenvalue weighted by Gasteiger charge is -2.27. The van der Waals surface area contributed by atoms with Crippen molar-refractivity contribution in [3.8, 4) is 0 Å². The van der Waals surface area contributed by atoms with E-state index in [9.17, 15) is 9.59 Å². The first-order valence-corrected chi connectivity index (χ1v) is 9.69. The van der Waals surface area contributed by atoms with Gasteiger partial charge < -0.3 is 11.1 Å². The number of fused-ring (bicyclic) bond motifs is 1. The number of benzene rings is 3. The first-order chi connectivity index (χ1) is 14.6. The third-order valence-electron chi connectivity index (χ3n) is 5.12. The van der Waals surface area contributed by atoms with Gasteiger partial charge in [0.1, 0.15) is 6.04 Å². The van der Waals surface area contributed by atoms with E-state index in [4.69, 9.17) is 5.73 Å². The Morgan fingerprint density at radius 2 is 1.37 bits per heavy atom. The van der Waals surface area contributed by atoms with Gasteiger partial charge in [-0.3, -0.25) is 14.6 Å². The molecule has 1 aromatic heterocycles. The maximum atomic E-state index is 13.2. The summed E-state index contributed by atoms with van der Waals surface area (Å²) in [6, 6.07) is 27.3. The minimum atomic E-state index is -0.929. The van der Waals surface area contributed by atoms with Crippen LogP contribution in [0.15, 0.2) is 97.2 Å². The molecule has 1 atom stereocenters. The summed E-state index contributed by atoms with van der Waals surface area (Å²) < 4.78 is 0. The average Bonchev–Trinajstić information content (AvgIpc) is 2.79. The second kappa shape index (κ2) is 8.57. The van der Waals surface area contributed by atoms with Gasteiger partial charge in [-0.25, -0.2) is 0 Å². The van der Waals surface area contributed by atoms with E-state index in [1.165, 1.54) is 0 Å². The topological polar surface area (TPSA) is 85.1 Å². The highest BCUT2D eigenvalue weighted by Crippen LogP contribution is 2.28. The molecule has 0 aliphatic rings. The molecule has 4 aromatic rings. The second-order valence-electron chi connectivity index (χ2n) is 7.03. The molecule has 0 spiro atoms. The molecule has 5 heteroatoms. The van der Waals surface area contributed by atoms with Crippen LogP contribution in [-0.4, -0.2) is 22.8 Å². The lowest BCUT2D eigenvalue weighted by molar-refractivity contribution is -0.120. The Bertz CT molecular complexity index is 1130. The fraction of sp³-hybridized carbons (Fsp3) is 0.0800.